The van der Waals surface area contributed by atoms with Gasteiger partial charge < -0.3 is 30.2 Å². The van der Waals surface area contributed by atoms with Gasteiger partial charge in [-0.1, -0.05) is 23.7 Å². The van der Waals surface area contributed by atoms with Crippen molar-refractivity contribution < 1.29 is 19.1 Å². The zero-order chi connectivity index (χ0) is 36.5. The van der Waals surface area contributed by atoms with Crippen molar-refractivity contribution >= 4 is 74.3 Å². The van der Waals surface area contributed by atoms with E-state index in [1.165, 1.54) is 11.6 Å². The van der Waals surface area contributed by atoms with Gasteiger partial charge in [-0.05, 0) is 55.5 Å². The molecule has 2 saturated heterocycles. The van der Waals surface area contributed by atoms with Crippen LogP contribution in [-0.2, 0) is 28.5 Å². The number of nitrogens with zero attached hydrogens (tertiary/aromatic N) is 6. The number of imide groups is 1. The Balaban J connectivity index is 1.04. The second-order valence-corrected chi connectivity index (χ2v) is 13.6. The summed E-state index contributed by atoms with van der Waals surface area (Å²) in [6.45, 7) is 2.07. The van der Waals surface area contributed by atoms with Crippen LogP contribution in [0.4, 0.5) is 23.1 Å². The Labute approximate surface area is 303 Å². The number of halogens is 1. The van der Waals surface area contributed by atoms with E-state index in [0.29, 0.717) is 59.0 Å². The van der Waals surface area contributed by atoms with E-state index in [2.05, 4.69) is 42.2 Å². The number of pyridine rings is 1. The number of piperidine rings is 2. The molecule has 16 heteroatoms. The van der Waals surface area contributed by atoms with Crippen molar-refractivity contribution in [3.05, 3.63) is 69.7 Å². The van der Waals surface area contributed by atoms with Gasteiger partial charge in [0.05, 0.1) is 34.5 Å². The van der Waals surface area contributed by atoms with E-state index in [0.717, 1.165) is 47.9 Å². The number of amides is 3. The smallest absolute Gasteiger partial charge is 0.293 e. The molecule has 7 rings (SSSR count). The number of aryl methyl sites for hydroxylation is 2. The Hall–Kier alpha value is -5.70. The number of carbonyl (C=O) groups is 3. The molecule has 3 amide bonds. The van der Waals surface area contributed by atoms with Crippen molar-refractivity contribution in [1.82, 2.24) is 34.9 Å². The van der Waals surface area contributed by atoms with Crippen LogP contribution in [0.15, 0.2) is 53.5 Å². The number of hydrogen-bond donors (Lipinski definition) is 4. The van der Waals surface area contributed by atoms with Crippen LogP contribution in [0.5, 0.6) is 5.75 Å². The number of aromatic nitrogens is 5. The Morgan fingerprint density at radius 3 is 2.77 bits per heavy atom. The number of carbonyl (C=O) groups excluding carboxylic acids is 3. The molecule has 2 aliphatic rings. The van der Waals surface area contributed by atoms with Gasteiger partial charge in [0.25, 0.3) is 11.5 Å². The molecule has 0 bridgehead atoms. The third-order valence-electron chi connectivity index (χ3n) is 9.69. The molecule has 1 unspecified atom stereocenters. The summed E-state index contributed by atoms with van der Waals surface area (Å²) in [5.74, 6) is -0.122. The normalized spacial score (nSPS) is 17.7. The number of rotatable bonds is 10. The molecule has 3 aromatic heterocycles. The average Bonchev–Trinajstić information content (AvgIpc) is 3.48. The van der Waals surface area contributed by atoms with Crippen LogP contribution in [-0.4, -0.2) is 75.3 Å². The molecule has 4 N–H and O–H groups in total. The zero-order valence-electron chi connectivity index (χ0n) is 29.0. The minimum atomic E-state index is -0.459. The van der Waals surface area contributed by atoms with Crippen LogP contribution in [0.2, 0.25) is 5.02 Å². The molecule has 2 fully saturated rings. The summed E-state index contributed by atoms with van der Waals surface area (Å²) in [6, 6.07) is 13.2. The summed E-state index contributed by atoms with van der Waals surface area (Å²) >= 11 is 6.51. The van der Waals surface area contributed by atoms with E-state index < -0.39 is 5.92 Å². The molecule has 270 valence electrons. The van der Waals surface area contributed by atoms with Crippen LogP contribution < -0.4 is 36.5 Å². The maximum Gasteiger partial charge on any atom is 0.293 e. The minimum Gasteiger partial charge on any atom is -0.478 e. The number of anilines is 4. The topological polar surface area (TPSA) is 177 Å². The van der Waals surface area contributed by atoms with Gasteiger partial charge in [0.1, 0.15) is 5.02 Å². The fraction of sp³-hybridized carbons (Fsp3) is 0.361. The molecule has 52 heavy (non-hydrogen) atoms. The molecule has 2 aliphatic heterocycles. The minimum absolute atomic E-state index is 0.0672. The van der Waals surface area contributed by atoms with Gasteiger partial charge in [0.2, 0.25) is 17.8 Å². The van der Waals surface area contributed by atoms with E-state index in [1.54, 1.807) is 19.3 Å². The molecule has 15 nitrogen and oxygen atoms in total. The molecular weight excluding hydrogens is 688 g/mol. The highest BCUT2D eigenvalue weighted by atomic mass is 35.5. The highest BCUT2D eigenvalue weighted by molar-refractivity contribution is 6.33. The Bertz CT molecular complexity index is 2270. The van der Waals surface area contributed by atoms with Gasteiger partial charge in [-0.3, -0.25) is 29.2 Å². The van der Waals surface area contributed by atoms with E-state index in [9.17, 15) is 19.2 Å². The lowest BCUT2D eigenvalue weighted by Crippen LogP contribution is -2.39. The molecule has 2 aromatic carbocycles. The van der Waals surface area contributed by atoms with E-state index >= 15 is 0 Å². The summed E-state index contributed by atoms with van der Waals surface area (Å²) < 4.78 is 8.81. The predicted octanol–water partition coefficient (Wildman–Crippen LogP) is 3.59. The maximum atomic E-state index is 12.8. The Morgan fingerprint density at radius 2 is 1.96 bits per heavy atom. The van der Waals surface area contributed by atoms with Crippen molar-refractivity contribution in [3.8, 4) is 5.75 Å². The fourth-order valence-electron chi connectivity index (χ4n) is 7.02. The van der Waals surface area contributed by atoms with Crippen LogP contribution >= 0.6 is 11.6 Å². The molecule has 2 atom stereocenters. The van der Waals surface area contributed by atoms with Gasteiger partial charge in [0.15, 0.2) is 18.2 Å². The largest absolute Gasteiger partial charge is 0.478 e. The number of nitrogens with one attached hydrogen (secondary N) is 4. The molecule has 0 radical (unpaired) electrons. The SMILES string of the molecule is CNC(=O)COc1cc2cc(Nc3nc(NC[C@@H]4CCCN(c5cccc6c(C7CCC(=O)NC7=O)nn(C)c56)C4)ncc3Cl)ccc2n(C)c1=O. The van der Waals surface area contributed by atoms with Gasteiger partial charge in [-0.25, -0.2) is 4.98 Å². The van der Waals surface area contributed by atoms with Gasteiger partial charge in [-0.15, -0.1) is 0 Å². The van der Waals surface area contributed by atoms with Crippen molar-refractivity contribution in [2.24, 2.45) is 20.0 Å². The highest BCUT2D eigenvalue weighted by Gasteiger charge is 2.33. The summed E-state index contributed by atoms with van der Waals surface area (Å²) in [5.41, 5.74) is 3.76. The van der Waals surface area contributed by atoms with Crippen LogP contribution in [0.3, 0.4) is 0 Å². The van der Waals surface area contributed by atoms with Crippen molar-refractivity contribution in [2.75, 3.05) is 48.8 Å². The molecular formula is C36H39ClN10O5. The standard InChI is InChI=1S/C36H39ClN10O5/c1-38-30(49)19-52-28-15-21-14-22(9-11-26(21)45(2)35(28)51)41-33-25(37)17-40-36(43-33)39-16-20-6-5-13-47(18-20)27-8-4-7-23-31(44-46(3)32(23)27)24-10-12-29(48)42-34(24)50/h4,7-9,11,14-15,17,20,24H,5-6,10,12-13,16,18-19H2,1-3H3,(H,38,49)(H,42,48,50)(H2,39,40,41,43)/t20-,24?/m0/s1. The second kappa shape index (κ2) is 14.5. The number of ether oxygens (including phenoxy) is 1. The van der Waals surface area contributed by atoms with Crippen molar-refractivity contribution in [2.45, 2.75) is 31.6 Å². The quantitative estimate of drug-likeness (QED) is 0.155. The van der Waals surface area contributed by atoms with Gasteiger partial charge >= 0.3 is 0 Å². The molecule has 0 aliphatic carbocycles. The van der Waals surface area contributed by atoms with Gasteiger partial charge in [0, 0.05) is 63.7 Å². The van der Waals surface area contributed by atoms with Crippen LogP contribution in [0, 0.1) is 5.92 Å². The lowest BCUT2D eigenvalue weighted by atomic mass is 9.92. The first-order chi connectivity index (χ1) is 25.1. The second-order valence-electron chi connectivity index (χ2n) is 13.1. The van der Waals surface area contributed by atoms with Crippen molar-refractivity contribution in [3.63, 3.8) is 0 Å². The fourth-order valence-corrected chi connectivity index (χ4v) is 7.16. The average molecular weight is 727 g/mol. The number of para-hydroxylation sites is 1. The number of likely N-dealkylation sites (N-methyl/N-ethyl adjacent to an activating group) is 1. The van der Waals surface area contributed by atoms with Crippen LogP contribution in [0.25, 0.3) is 21.8 Å². The summed E-state index contributed by atoms with van der Waals surface area (Å²) in [4.78, 5) is 60.3. The lowest BCUT2D eigenvalue weighted by Gasteiger charge is -2.35. The van der Waals surface area contributed by atoms with E-state index in [1.807, 2.05) is 42.1 Å². The lowest BCUT2D eigenvalue weighted by molar-refractivity contribution is -0.134. The predicted molar refractivity (Wildman–Crippen MR) is 198 cm³/mol. The number of fused-ring (bicyclic) bond motifs is 2. The Morgan fingerprint density at radius 1 is 1.12 bits per heavy atom. The third-order valence-corrected chi connectivity index (χ3v) is 9.96. The van der Waals surface area contributed by atoms with E-state index in [-0.39, 0.29) is 35.6 Å². The first-order valence-corrected chi connectivity index (χ1v) is 17.5. The van der Waals surface area contributed by atoms with Crippen molar-refractivity contribution in [1.29, 1.82) is 0 Å². The van der Waals surface area contributed by atoms with Crippen LogP contribution in [0.1, 0.15) is 37.3 Å². The monoisotopic (exact) mass is 726 g/mol. The number of benzene rings is 2. The third kappa shape index (κ3) is 6.95. The summed E-state index contributed by atoms with van der Waals surface area (Å²) in [5, 5.41) is 18.3. The Kier molecular flexibility index (Phi) is 9.69. The first-order valence-electron chi connectivity index (χ1n) is 17.1. The molecule has 0 spiro atoms. The highest BCUT2D eigenvalue weighted by Crippen LogP contribution is 2.36. The summed E-state index contributed by atoms with van der Waals surface area (Å²) in [7, 11) is 5.05. The maximum absolute atomic E-state index is 12.8. The van der Waals surface area contributed by atoms with Gasteiger partial charge in [-0.2, -0.15) is 10.1 Å². The molecule has 0 saturated carbocycles. The first kappa shape index (κ1) is 34.7. The zero-order valence-corrected chi connectivity index (χ0v) is 29.8. The molecule has 5 heterocycles. The van der Waals surface area contributed by atoms with E-state index in [4.69, 9.17) is 21.4 Å². The summed E-state index contributed by atoms with van der Waals surface area (Å²) in [6.07, 6.45) is 4.33. The molecule has 5 aromatic rings. The number of hydrogen-bond acceptors (Lipinski definition) is 11.